The van der Waals surface area contributed by atoms with Gasteiger partial charge in [-0.2, -0.15) is 0 Å². The molecule has 1 aliphatic heterocycles. The summed E-state index contributed by atoms with van der Waals surface area (Å²) < 4.78 is 20.3. The SMILES string of the molecule is O=C1C[C@@H](C(=O)NC[C@H]2Cc3cc(-c4ccccn4)cc(F)c3O2)c2ccccc21. The summed E-state index contributed by atoms with van der Waals surface area (Å²) >= 11 is 0. The smallest absolute Gasteiger partial charge is 0.228 e. The molecule has 1 aromatic heterocycles. The minimum Gasteiger partial charge on any atom is -0.485 e. The van der Waals surface area contributed by atoms with Gasteiger partial charge in [0, 0.05) is 35.7 Å². The molecular weight excluding hydrogens is 383 g/mol. The van der Waals surface area contributed by atoms with E-state index in [0.29, 0.717) is 23.2 Å². The van der Waals surface area contributed by atoms with E-state index in [2.05, 4.69) is 10.3 Å². The summed E-state index contributed by atoms with van der Waals surface area (Å²) in [6, 6.07) is 16.0. The van der Waals surface area contributed by atoms with Crippen molar-refractivity contribution < 1.29 is 18.7 Å². The maximum atomic E-state index is 14.6. The summed E-state index contributed by atoms with van der Waals surface area (Å²) in [5, 5.41) is 2.88. The van der Waals surface area contributed by atoms with Crippen LogP contribution in [0, 0.1) is 5.82 Å². The van der Waals surface area contributed by atoms with Crippen LogP contribution in [-0.2, 0) is 11.2 Å². The van der Waals surface area contributed by atoms with Gasteiger partial charge in [0.15, 0.2) is 17.3 Å². The number of pyridine rings is 1. The molecule has 5 nitrogen and oxygen atoms in total. The van der Waals surface area contributed by atoms with Crippen LogP contribution in [0.1, 0.15) is 33.8 Å². The van der Waals surface area contributed by atoms with Crippen LogP contribution in [0.5, 0.6) is 5.75 Å². The standard InChI is InChI=1S/C24H19FN2O3/c25-20-11-14(21-7-3-4-8-26-21)9-15-10-16(30-23(15)20)13-27-24(29)19-12-22(28)18-6-2-1-5-17(18)19/h1-9,11,16,19H,10,12-13H2,(H,27,29)/t16-,19-/m1/s1. The van der Waals surface area contributed by atoms with Gasteiger partial charge >= 0.3 is 0 Å². The second-order valence-corrected chi connectivity index (χ2v) is 7.62. The Bertz CT molecular complexity index is 1150. The highest BCUT2D eigenvalue weighted by Crippen LogP contribution is 2.36. The number of fused-ring (bicyclic) bond motifs is 2. The molecule has 0 fully saturated rings. The highest BCUT2D eigenvalue weighted by Gasteiger charge is 2.35. The average molecular weight is 402 g/mol. The number of hydrogen-bond acceptors (Lipinski definition) is 4. The molecule has 0 unspecified atom stereocenters. The highest BCUT2D eigenvalue weighted by molar-refractivity contribution is 6.06. The van der Waals surface area contributed by atoms with Crippen LogP contribution in [0.3, 0.4) is 0 Å². The number of hydrogen-bond donors (Lipinski definition) is 1. The van der Waals surface area contributed by atoms with Crippen molar-refractivity contribution in [3.8, 4) is 17.0 Å². The first-order valence-electron chi connectivity index (χ1n) is 9.90. The Morgan fingerprint density at radius 3 is 2.80 bits per heavy atom. The second kappa shape index (κ2) is 7.37. The van der Waals surface area contributed by atoms with E-state index in [9.17, 15) is 14.0 Å². The Kier molecular flexibility index (Phi) is 4.54. The lowest BCUT2D eigenvalue weighted by molar-refractivity contribution is -0.122. The molecule has 1 N–H and O–H groups in total. The number of amides is 1. The fourth-order valence-corrected chi connectivity index (χ4v) is 4.21. The monoisotopic (exact) mass is 402 g/mol. The zero-order chi connectivity index (χ0) is 20.7. The van der Waals surface area contributed by atoms with Crippen LogP contribution in [0.2, 0.25) is 0 Å². The molecule has 0 bridgehead atoms. The third kappa shape index (κ3) is 3.24. The van der Waals surface area contributed by atoms with E-state index in [1.54, 1.807) is 18.3 Å². The Morgan fingerprint density at radius 1 is 1.13 bits per heavy atom. The summed E-state index contributed by atoms with van der Waals surface area (Å²) in [4.78, 5) is 29.1. The number of benzene rings is 2. The van der Waals surface area contributed by atoms with Gasteiger partial charge in [-0.3, -0.25) is 14.6 Å². The van der Waals surface area contributed by atoms with Crippen molar-refractivity contribution in [1.82, 2.24) is 10.3 Å². The number of carbonyl (C=O) groups excluding carboxylic acids is 2. The fraction of sp³-hybridized carbons (Fsp3) is 0.208. The lowest BCUT2D eigenvalue weighted by atomic mass is 10.0. The molecule has 3 aromatic rings. The minimum atomic E-state index is -0.482. The number of rotatable bonds is 4. The number of Topliss-reactive ketones (excluding diaryl/α,β-unsaturated/α-hetero) is 1. The van der Waals surface area contributed by atoms with Crippen LogP contribution >= 0.6 is 0 Å². The number of ketones is 1. The van der Waals surface area contributed by atoms with Gasteiger partial charge < -0.3 is 10.1 Å². The molecule has 2 aromatic carbocycles. The molecule has 5 rings (SSSR count). The van der Waals surface area contributed by atoms with Crippen molar-refractivity contribution in [2.24, 2.45) is 0 Å². The molecule has 0 radical (unpaired) electrons. The maximum absolute atomic E-state index is 14.6. The largest absolute Gasteiger partial charge is 0.485 e. The summed E-state index contributed by atoms with van der Waals surface area (Å²) in [6.45, 7) is 0.249. The van der Waals surface area contributed by atoms with Crippen LogP contribution in [0.4, 0.5) is 4.39 Å². The first-order valence-corrected chi connectivity index (χ1v) is 9.90. The number of carbonyl (C=O) groups is 2. The van der Waals surface area contributed by atoms with Gasteiger partial charge in [0.2, 0.25) is 5.91 Å². The van der Waals surface area contributed by atoms with Gasteiger partial charge in [-0.1, -0.05) is 30.3 Å². The van der Waals surface area contributed by atoms with E-state index in [1.165, 1.54) is 6.07 Å². The summed E-state index contributed by atoms with van der Waals surface area (Å²) in [5.41, 5.74) is 3.53. The molecule has 2 aliphatic rings. The molecule has 30 heavy (non-hydrogen) atoms. The number of nitrogens with one attached hydrogen (secondary N) is 1. The van der Waals surface area contributed by atoms with Gasteiger partial charge in [0.1, 0.15) is 6.10 Å². The molecule has 150 valence electrons. The van der Waals surface area contributed by atoms with Gasteiger partial charge in [-0.15, -0.1) is 0 Å². The Labute approximate surface area is 172 Å². The zero-order valence-corrected chi connectivity index (χ0v) is 16.1. The van der Waals surface area contributed by atoms with E-state index >= 15 is 0 Å². The molecule has 6 heteroatoms. The normalized spacial score (nSPS) is 19.2. The molecule has 0 saturated heterocycles. The quantitative estimate of drug-likeness (QED) is 0.723. The Morgan fingerprint density at radius 2 is 1.97 bits per heavy atom. The summed E-state index contributed by atoms with van der Waals surface area (Å²) in [6.07, 6.45) is 1.98. The first-order chi connectivity index (χ1) is 14.6. The highest BCUT2D eigenvalue weighted by atomic mass is 19.1. The molecule has 2 atom stereocenters. The molecular formula is C24H19FN2O3. The predicted octanol–water partition coefficient (Wildman–Crippen LogP) is 3.68. The molecule has 0 saturated carbocycles. The van der Waals surface area contributed by atoms with E-state index in [4.69, 9.17) is 4.74 Å². The minimum absolute atomic E-state index is 0.0145. The fourth-order valence-electron chi connectivity index (χ4n) is 4.21. The Balaban J connectivity index is 1.27. The van der Waals surface area contributed by atoms with Gasteiger partial charge in [0.25, 0.3) is 0 Å². The van der Waals surface area contributed by atoms with Crippen molar-refractivity contribution >= 4 is 11.7 Å². The van der Waals surface area contributed by atoms with Gasteiger partial charge in [-0.05, 0) is 29.8 Å². The Hall–Kier alpha value is -3.54. The van der Waals surface area contributed by atoms with Crippen LogP contribution < -0.4 is 10.1 Å². The lowest BCUT2D eigenvalue weighted by Gasteiger charge is -2.15. The van der Waals surface area contributed by atoms with E-state index < -0.39 is 11.7 Å². The van der Waals surface area contributed by atoms with E-state index in [0.717, 1.165) is 11.1 Å². The number of aromatic nitrogens is 1. The lowest BCUT2D eigenvalue weighted by Crippen LogP contribution is -2.37. The average Bonchev–Trinajstić information content (AvgIpc) is 3.34. The third-order valence-corrected chi connectivity index (χ3v) is 5.66. The topological polar surface area (TPSA) is 68.3 Å². The first kappa shape index (κ1) is 18.5. The van der Waals surface area contributed by atoms with Crippen molar-refractivity contribution in [2.45, 2.75) is 24.9 Å². The second-order valence-electron chi connectivity index (χ2n) is 7.62. The third-order valence-electron chi connectivity index (χ3n) is 5.66. The van der Waals surface area contributed by atoms with Crippen molar-refractivity contribution in [3.63, 3.8) is 0 Å². The molecule has 1 aliphatic carbocycles. The summed E-state index contributed by atoms with van der Waals surface area (Å²) in [7, 11) is 0. The zero-order valence-electron chi connectivity index (χ0n) is 16.1. The predicted molar refractivity (Wildman–Crippen MR) is 109 cm³/mol. The van der Waals surface area contributed by atoms with Crippen molar-refractivity contribution in [2.75, 3.05) is 6.54 Å². The molecule has 2 heterocycles. The molecule has 1 amide bonds. The van der Waals surface area contributed by atoms with Crippen LogP contribution in [-0.4, -0.2) is 29.3 Å². The maximum Gasteiger partial charge on any atom is 0.228 e. The van der Waals surface area contributed by atoms with Crippen molar-refractivity contribution in [3.05, 3.63) is 83.3 Å². The number of halogens is 1. The van der Waals surface area contributed by atoms with Crippen molar-refractivity contribution in [1.29, 1.82) is 0 Å². The van der Waals surface area contributed by atoms with E-state index in [1.807, 2.05) is 36.4 Å². The van der Waals surface area contributed by atoms with Gasteiger partial charge in [0.05, 0.1) is 18.2 Å². The molecule has 0 spiro atoms. The van der Waals surface area contributed by atoms with Gasteiger partial charge in [-0.25, -0.2) is 4.39 Å². The number of nitrogens with zero attached hydrogens (tertiary/aromatic N) is 1. The number of ether oxygens (including phenoxy) is 1. The van der Waals surface area contributed by atoms with Crippen LogP contribution in [0.15, 0.2) is 60.8 Å². The van der Waals surface area contributed by atoms with Crippen LogP contribution in [0.25, 0.3) is 11.3 Å². The van der Waals surface area contributed by atoms with E-state index in [-0.39, 0.29) is 36.5 Å². The summed E-state index contributed by atoms with van der Waals surface area (Å²) in [5.74, 6) is -0.903.